The van der Waals surface area contributed by atoms with E-state index in [-0.39, 0.29) is 18.5 Å². The van der Waals surface area contributed by atoms with Gasteiger partial charge in [-0.15, -0.1) is 0 Å². The van der Waals surface area contributed by atoms with Crippen LogP contribution in [0.4, 0.5) is 5.69 Å². The van der Waals surface area contributed by atoms with E-state index in [1.54, 1.807) is 44.4 Å². The van der Waals surface area contributed by atoms with Crippen molar-refractivity contribution in [2.45, 2.75) is 58.2 Å². The Morgan fingerprint density at radius 3 is 2.43 bits per heavy atom. The number of amides is 2. The molecule has 0 heterocycles. The highest BCUT2D eigenvalue weighted by Gasteiger charge is 2.31. The molecule has 2 aromatic rings. The zero-order valence-electron chi connectivity index (χ0n) is 20.9. The number of hydrogen-bond acceptors (Lipinski definition) is 5. The van der Waals surface area contributed by atoms with E-state index < -0.39 is 28.5 Å². The summed E-state index contributed by atoms with van der Waals surface area (Å²) in [6.07, 6.45) is 5.08. The molecule has 0 aliphatic heterocycles. The second-order valence-corrected chi connectivity index (χ2v) is 11.1. The average molecular weight is 502 g/mol. The van der Waals surface area contributed by atoms with E-state index in [1.807, 2.05) is 25.1 Å². The van der Waals surface area contributed by atoms with Crippen molar-refractivity contribution in [3.05, 3.63) is 59.7 Å². The minimum Gasteiger partial charge on any atom is -0.497 e. The SMILES string of the molecule is COc1cccc(CN(C(=O)CN(c2cccc(C)c2)S(C)(=O)=O)[C@H](C)C(=O)NC2CCCC2)c1. The second kappa shape index (κ2) is 11.6. The van der Waals surface area contributed by atoms with Crippen molar-refractivity contribution in [2.75, 3.05) is 24.2 Å². The Labute approximate surface area is 208 Å². The quantitative estimate of drug-likeness (QED) is 0.539. The number of aryl methyl sites for hydroxylation is 1. The molecule has 1 N–H and O–H groups in total. The minimum absolute atomic E-state index is 0.110. The maximum Gasteiger partial charge on any atom is 0.244 e. The van der Waals surface area contributed by atoms with Crippen molar-refractivity contribution in [1.29, 1.82) is 0 Å². The summed E-state index contributed by atoms with van der Waals surface area (Å²) in [5.74, 6) is -0.0705. The summed E-state index contributed by atoms with van der Waals surface area (Å²) in [6.45, 7) is 3.27. The first-order valence-corrected chi connectivity index (χ1v) is 13.7. The molecule has 0 spiro atoms. The van der Waals surface area contributed by atoms with Crippen LogP contribution in [0.15, 0.2) is 48.5 Å². The highest BCUT2D eigenvalue weighted by atomic mass is 32.2. The third-order valence-electron chi connectivity index (χ3n) is 6.32. The second-order valence-electron chi connectivity index (χ2n) is 9.15. The molecule has 8 nitrogen and oxygen atoms in total. The standard InChI is InChI=1S/C26H35N3O5S/c1-19-9-7-13-23(15-19)29(35(4,32)33)18-25(30)28(17-21-10-8-14-24(16-21)34-3)20(2)26(31)27-22-11-5-6-12-22/h7-10,13-16,20,22H,5-6,11-12,17-18H2,1-4H3,(H,27,31)/t20-/m1/s1. The predicted octanol–water partition coefficient (Wildman–Crippen LogP) is 3.25. The Kier molecular flexibility index (Phi) is 8.77. The van der Waals surface area contributed by atoms with Gasteiger partial charge in [0.05, 0.1) is 19.1 Å². The molecule has 1 saturated carbocycles. The van der Waals surface area contributed by atoms with E-state index in [9.17, 15) is 18.0 Å². The van der Waals surface area contributed by atoms with Gasteiger partial charge >= 0.3 is 0 Å². The number of carbonyl (C=O) groups is 2. The molecule has 190 valence electrons. The van der Waals surface area contributed by atoms with E-state index in [0.29, 0.717) is 11.4 Å². The summed E-state index contributed by atoms with van der Waals surface area (Å²) in [6, 6.07) is 13.6. The molecule has 35 heavy (non-hydrogen) atoms. The zero-order valence-corrected chi connectivity index (χ0v) is 21.7. The maximum absolute atomic E-state index is 13.6. The first-order chi connectivity index (χ1) is 16.6. The van der Waals surface area contributed by atoms with E-state index in [2.05, 4.69) is 5.32 Å². The maximum atomic E-state index is 13.6. The number of carbonyl (C=O) groups excluding carboxylic acids is 2. The van der Waals surface area contributed by atoms with Crippen LogP contribution in [0.25, 0.3) is 0 Å². The fraction of sp³-hybridized carbons (Fsp3) is 0.462. The predicted molar refractivity (Wildman–Crippen MR) is 137 cm³/mol. The van der Waals surface area contributed by atoms with Crippen LogP contribution in [-0.2, 0) is 26.2 Å². The van der Waals surface area contributed by atoms with Gasteiger partial charge in [-0.25, -0.2) is 8.42 Å². The third kappa shape index (κ3) is 7.21. The topological polar surface area (TPSA) is 96.0 Å². The lowest BCUT2D eigenvalue weighted by Crippen LogP contribution is -2.52. The monoisotopic (exact) mass is 501 g/mol. The lowest BCUT2D eigenvalue weighted by Gasteiger charge is -2.32. The van der Waals surface area contributed by atoms with E-state index in [4.69, 9.17) is 4.74 Å². The van der Waals surface area contributed by atoms with Crippen molar-refractivity contribution in [3.63, 3.8) is 0 Å². The van der Waals surface area contributed by atoms with Crippen molar-refractivity contribution in [1.82, 2.24) is 10.2 Å². The molecule has 1 atom stereocenters. The van der Waals surface area contributed by atoms with Gasteiger partial charge in [0.25, 0.3) is 0 Å². The van der Waals surface area contributed by atoms with Crippen LogP contribution in [0.1, 0.15) is 43.7 Å². The van der Waals surface area contributed by atoms with Crippen LogP contribution in [0.2, 0.25) is 0 Å². The van der Waals surface area contributed by atoms with Gasteiger partial charge in [-0.2, -0.15) is 0 Å². The van der Waals surface area contributed by atoms with Gasteiger partial charge in [0, 0.05) is 12.6 Å². The Morgan fingerprint density at radius 2 is 1.80 bits per heavy atom. The molecule has 0 bridgehead atoms. The van der Waals surface area contributed by atoms with Crippen LogP contribution in [0, 0.1) is 6.92 Å². The molecule has 1 fully saturated rings. The van der Waals surface area contributed by atoms with Gasteiger partial charge in [-0.05, 0) is 62.1 Å². The highest BCUT2D eigenvalue weighted by Crippen LogP contribution is 2.22. The van der Waals surface area contributed by atoms with Gasteiger partial charge in [0.15, 0.2) is 0 Å². The molecule has 9 heteroatoms. The van der Waals surface area contributed by atoms with Gasteiger partial charge in [-0.1, -0.05) is 37.1 Å². The molecule has 2 amide bonds. The molecule has 0 saturated heterocycles. The fourth-order valence-corrected chi connectivity index (χ4v) is 5.18. The molecule has 0 radical (unpaired) electrons. The van der Waals surface area contributed by atoms with E-state index in [1.165, 1.54) is 4.90 Å². The summed E-state index contributed by atoms with van der Waals surface area (Å²) in [4.78, 5) is 28.1. The first-order valence-electron chi connectivity index (χ1n) is 11.9. The minimum atomic E-state index is -3.75. The molecule has 2 aromatic carbocycles. The van der Waals surface area contributed by atoms with Crippen LogP contribution >= 0.6 is 0 Å². The highest BCUT2D eigenvalue weighted by molar-refractivity contribution is 7.92. The summed E-state index contributed by atoms with van der Waals surface area (Å²) < 4.78 is 31.7. The molecule has 1 aliphatic carbocycles. The number of benzene rings is 2. The smallest absolute Gasteiger partial charge is 0.244 e. The van der Waals surface area contributed by atoms with Crippen LogP contribution in [0.5, 0.6) is 5.75 Å². The summed E-state index contributed by atoms with van der Waals surface area (Å²) >= 11 is 0. The number of nitrogens with zero attached hydrogens (tertiary/aromatic N) is 2. The Bertz CT molecular complexity index is 1150. The Balaban J connectivity index is 1.89. The molecular formula is C26H35N3O5S. The van der Waals surface area contributed by atoms with Crippen molar-refractivity contribution < 1.29 is 22.7 Å². The Hall–Kier alpha value is -3.07. The van der Waals surface area contributed by atoms with Crippen LogP contribution in [-0.4, -0.2) is 57.1 Å². The van der Waals surface area contributed by atoms with Gasteiger partial charge < -0.3 is 15.0 Å². The van der Waals surface area contributed by atoms with Gasteiger partial charge in [-0.3, -0.25) is 13.9 Å². The van der Waals surface area contributed by atoms with Crippen molar-refractivity contribution >= 4 is 27.5 Å². The zero-order chi connectivity index (χ0) is 25.6. The number of nitrogens with one attached hydrogen (secondary N) is 1. The third-order valence-corrected chi connectivity index (χ3v) is 7.47. The van der Waals surface area contributed by atoms with Crippen molar-refractivity contribution in [3.8, 4) is 5.75 Å². The lowest BCUT2D eigenvalue weighted by atomic mass is 10.1. The lowest BCUT2D eigenvalue weighted by molar-refractivity contribution is -0.139. The number of ether oxygens (including phenoxy) is 1. The number of methoxy groups -OCH3 is 1. The molecule has 0 aromatic heterocycles. The van der Waals surface area contributed by atoms with Crippen LogP contribution < -0.4 is 14.4 Å². The number of anilines is 1. The molecule has 0 unspecified atom stereocenters. The van der Waals surface area contributed by atoms with Crippen molar-refractivity contribution in [2.24, 2.45) is 0 Å². The molecule has 3 rings (SSSR count). The van der Waals surface area contributed by atoms with Crippen LogP contribution in [0.3, 0.4) is 0 Å². The largest absolute Gasteiger partial charge is 0.497 e. The average Bonchev–Trinajstić information content (AvgIpc) is 3.32. The van der Waals surface area contributed by atoms with E-state index in [0.717, 1.165) is 47.4 Å². The summed E-state index contributed by atoms with van der Waals surface area (Å²) in [7, 11) is -2.19. The van der Waals surface area contributed by atoms with Gasteiger partial charge in [0.1, 0.15) is 18.3 Å². The fourth-order valence-electron chi connectivity index (χ4n) is 4.34. The van der Waals surface area contributed by atoms with Gasteiger partial charge in [0.2, 0.25) is 21.8 Å². The summed E-state index contributed by atoms with van der Waals surface area (Å²) in [5, 5.41) is 3.06. The molecule has 1 aliphatic rings. The Morgan fingerprint density at radius 1 is 1.11 bits per heavy atom. The first kappa shape index (κ1) is 26.5. The summed E-state index contributed by atoms with van der Waals surface area (Å²) in [5.41, 5.74) is 2.06. The number of hydrogen-bond donors (Lipinski definition) is 1. The van der Waals surface area contributed by atoms with E-state index >= 15 is 0 Å². The number of rotatable bonds is 10. The normalized spacial score (nSPS) is 14.9. The molecular weight excluding hydrogens is 466 g/mol. The number of sulfonamides is 1.